The van der Waals surface area contributed by atoms with E-state index in [1.54, 1.807) is 12.4 Å². The SMILES string of the molecule is CC(Nc1cncc(Br)c1)C(=O)N1CCOCC1. The fourth-order valence-electron chi connectivity index (χ4n) is 1.86. The van der Waals surface area contributed by atoms with Crippen molar-refractivity contribution in [3.8, 4) is 0 Å². The third-order valence-corrected chi connectivity index (χ3v) is 3.21. The number of nitrogens with one attached hydrogen (secondary N) is 1. The smallest absolute Gasteiger partial charge is 0.244 e. The molecule has 0 aliphatic carbocycles. The van der Waals surface area contributed by atoms with Gasteiger partial charge in [-0.3, -0.25) is 9.78 Å². The third-order valence-electron chi connectivity index (χ3n) is 2.78. The lowest BCUT2D eigenvalue weighted by Gasteiger charge is -2.29. The summed E-state index contributed by atoms with van der Waals surface area (Å²) in [4.78, 5) is 18.0. The Balaban J connectivity index is 1.94. The van der Waals surface area contributed by atoms with Crippen molar-refractivity contribution in [3.63, 3.8) is 0 Å². The van der Waals surface area contributed by atoms with Crippen molar-refractivity contribution >= 4 is 27.5 Å². The standard InChI is InChI=1S/C12H16BrN3O2/c1-9(12(17)16-2-4-18-5-3-16)15-11-6-10(13)7-14-8-11/h6-9,15H,2-5H2,1H3. The van der Waals surface area contributed by atoms with E-state index in [4.69, 9.17) is 4.74 Å². The van der Waals surface area contributed by atoms with Crippen LogP contribution in [0.5, 0.6) is 0 Å². The highest BCUT2D eigenvalue weighted by Gasteiger charge is 2.22. The van der Waals surface area contributed by atoms with Crippen molar-refractivity contribution in [2.45, 2.75) is 13.0 Å². The number of rotatable bonds is 3. The van der Waals surface area contributed by atoms with E-state index >= 15 is 0 Å². The van der Waals surface area contributed by atoms with Crippen LogP contribution in [0.25, 0.3) is 0 Å². The molecule has 0 bridgehead atoms. The summed E-state index contributed by atoms with van der Waals surface area (Å²) in [5, 5.41) is 3.16. The number of nitrogens with zero attached hydrogens (tertiary/aromatic N) is 2. The molecule has 5 nitrogen and oxygen atoms in total. The average molecular weight is 314 g/mol. The highest BCUT2D eigenvalue weighted by atomic mass is 79.9. The number of morpholine rings is 1. The molecule has 1 unspecified atom stereocenters. The maximum Gasteiger partial charge on any atom is 0.244 e. The second-order valence-corrected chi connectivity index (χ2v) is 5.11. The molecule has 0 spiro atoms. The number of ether oxygens (including phenoxy) is 1. The molecule has 1 aromatic rings. The second-order valence-electron chi connectivity index (χ2n) is 4.20. The van der Waals surface area contributed by atoms with Gasteiger partial charge in [-0.15, -0.1) is 0 Å². The Labute approximate surface area is 115 Å². The molecule has 2 rings (SSSR count). The van der Waals surface area contributed by atoms with Crippen LogP contribution in [0, 0.1) is 0 Å². The van der Waals surface area contributed by atoms with E-state index in [1.165, 1.54) is 0 Å². The van der Waals surface area contributed by atoms with Crippen LogP contribution in [0.2, 0.25) is 0 Å². The normalized spacial score (nSPS) is 17.3. The molecule has 0 saturated carbocycles. The summed E-state index contributed by atoms with van der Waals surface area (Å²) in [7, 11) is 0. The van der Waals surface area contributed by atoms with Crippen LogP contribution in [0.4, 0.5) is 5.69 Å². The molecule has 1 aromatic heterocycles. The number of carbonyl (C=O) groups is 1. The van der Waals surface area contributed by atoms with E-state index in [0.29, 0.717) is 26.3 Å². The van der Waals surface area contributed by atoms with Gasteiger partial charge in [0.15, 0.2) is 0 Å². The number of hydrogen-bond donors (Lipinski definition) is 1. The molecule has 1 atom stereocenters. The number of hydrogen-bond acceptors (Lipinski definition) is 4. The van der Waals surface area contributed by atoms with Gasteiger partial charge in [-0.05, 0) is 28.9 Å². The van der Waals surface area contributed by atoms with Crippen molar-refractivity contribution in [1.29, 1.82) is 0 Å². The molecule has 1 amide bonds. The van der Waals surface area contributed by atoms with Crippen molar-refractivity contribution in [2.75, 3.05) is 31.6 Å². The average Bonchev–Trinajstić information content (AvgIpc) is 2.39. The molecular formula is C12H16BrN3O2. The Morgan fingerprint density at radius 3 is 2.89 bits per heavy atom. The summed E-state index contributed by atoms with van der Waals surface area (Å²) in [6.45, 7) is 4.44. The molecule has 1 fully saturated rings. The first kappa shape index (κ1) is 13.3. The van der Waals surface area contributed by atoms with Gasteiger partial charge in [0, 0.05) is 23.8 Å². The summed E-state index contributed by atoms with van der Waals surface area (Å²) in [5.41, 5.74) is 0.832. The maximum atomic E-state index is 12.2. The van der Waals surface area contributed by atoms with Crippen LogP contribution in [0.3, 0.4) is 0 Å². The Morgan fingerprint density at radius 2 is 2.22 bits per heavy atom. The zero-order valence-corrected chi connectivity index (χ0v) is 11.8. The molecule has 1 N–H and O–H groups in total. The van der Waals surface area contributed by atoms with Gasteiger partial charge in [0.25, 0.3) is 0 Å². The molecule has 0 radical (unpaired) electrons. The van der Waals surface area contributed by atoms with Gasteiger partial charge in [0.1, 0.15) is 6.04 Å². The highest BCUT2D eigenvalue weighted by molar-refractivity contribution is 9.10. The lowest BCUT2D eigenvalue weighted by molar-refractivity contribution is -0.135. The molecule has 1 aliphatic heterocycles. The molecule has 1 saturated heterocycles. The molecule has 1 aliphatic rings. The minimum absolute atomic E-state index is 0.0956. The Bertz CT molecular complexity index is 422. The summed E-state index contributed by atoms with van der Waals surface area (Å²) >= 11 is 3.35. The summed E-state index contributed by atoms with van der Waals surface area (Å²) in [6.07, 6.45) is 3.41. The van der Waals surface area contributed by atoms with E-state index in [-0.39, 0.29) is 11.9 Å². The minimum Gasteiger partial charge on any atom is -0.378 e. The fraction of sp³-hybridized carbons (Fsp3) is 0.500. The van der Waals surface area contributed by atoms with E-state index in [9.17, 15) is 4.79 Å². The van der Waals surface area contributed by atoms with E-state index in [1.807, 2.05) is 17.9 Å². The lowest BCUT2D eigenvalue weighted by atomic mass is 10.2. The van der Waals surface area contributed by atoms with Crippen LogP contribution >= 0.6 is 15.9 Å². The first-order valence-electron chi connectivity index (χ1n) is 5.90. The molecule has 98 valence electrons. The largest absolute Gasteiger partial charge is 0.378 e. The zero-order valence-electron chi connectivity index (χ0n) is 10.2. The van der Waals surface area contributed by atoms with Gasteiger partial charge >= 0.3 is 0 Å². The van der Waals surface area contributed by atoms with Crippen LogP contribution in [0.1, 0.15) is 6.92 Å². The monoisotopic (exact) mass is 313 g/mol. The van der Waals surface area contributed by atoms with Crippen molar-refractivity contribution in [2.24, 2.45) is 0 Å². The van der Waals surface area contributed by atoms with Crippen LogP contribution < -0.4 is 5.32 Å². The number of halogens is 1. The number of carbonyl (C=O) groups excluding carboxylic acids is 1. The van der Waals surface area contributed by atoms with E-state index in [2.05, 4.69) is 26.2 Å². The van der Waals surface area contributed by atoms with Crippen molar-refractivity contribution in [1.82, 2.24) is 9.88 Å². The van der Waals surface area contributed by atoms with Gasteiger partial charge in [0.2, 0.25) is 5.91 Å². The predicted octanol–water partition coefficient (Wildman–Crippen LogP) is 1.50. The highest BCUT2D eigenvalue weighted by Crippen LogP contribution is 2.15. The minimum atomic E-state index is -0.265. The van der Waals surface area contributed by atoms with Crippen molar-refractivity contribution < 1.29 is 9.53 Å². The quantitative estimate of drug-likeness (QED) is 0.919. The molecule has 2 heterocycles. The first-order chi connectivity index (χ1) is 8.66. The number of amides is 1. The Morgan fingerprint density at radius 1 is 1.50 bits per heavy atom. The topological polar surface area (TPSA) is 54.5 Å². The second kappa shape index (κ2) is 6.15. The van der Waals surface area contributed by atoms with E-state index < -0.39 is 0 Å². The number of pyridine rings is 1. The predicted molar refractivity (Wildman–Crippen MR) is 72.4 cm³/mol. The third kappa shape index (κ3) is 3.43. The summed E-state index contributed by atoms with van der Waals surface area (Å²) in [5.74, 6) is 0.0956. The van der Waals surface area contributed by atoms with Gasteiger partial charge in [-0.2, -0.15) is 0 Å². The number of aromatic nitrogens is 1. The van der Waals surface area contributed by atoms with Gasteiger partial charge < -0.3 is 15.0 Å². The Kier molecular flexibility index (Phi) is 4.54. The van der Waals surface area contributed by atoms with Crippen LogP contribution in [-0.2, 0) is 9.53 Å². The lowest BCUT2D eigenvalue weighted by Crippen LogP contribution is -2.47. The molecular weight excluding hydrogens is 298 g/mol. The summed E-state index contributed by atoms with van der Waals surface area (Å²) in [6, 6.07) is 1.63. The fourth-order valence-corrected chi connectivity index (χ4v) is 2.22. The first-order valence-corrected chi connectivity index (χ1v) is 6.70. The van der Waals surface area contributed by atoms with Crippen LogP contribution in [0.15, 0.2) is 22.9 Å². The summed E-state index contributed by atoms with van der Waals surface area (Å²) < 4.78 is 6.12. The molecule has 18 heavy (non-hydrogen) atoms. The van der Waals surface area contributed by atoms with Gasteiger partial charge in [-0.25, -0.2) is 0 Å². The Hall–Kier alpha value is -1.14. The van der Waals surface area contributed by atoms with Crippen LogP contribution in [-0.4, -0.2) is 48.1 Å². The zero-order chi connectivity index (χ0) is 13.0. The van der Waals surface area contributed by atoms with Crippen molar-refractivity contribution in [3.05, 3.63) is 22.9 Å². The molecule has 0 aromatic carbocycles. The number of anilines is 1. The van der Waals surface area contributed by atoms with Gasteiger partial charge in [0.05, 0.1) is 25.1 Å². The van der Waals surface area contributed by atoms with Gasteiger partial charge in [-0.1, -0.05) is 0 Å². The van der Waals surface area contributed by atoms with E-state index in [0.717, 1.165) is 10.2 Å². The molecule has 6 heteroatoms. The maximum absolute atomic E-state index is 12.2.